The standard InChI is InChI=1S/C23H29N3O5S2/c1-2-31-20(28)15-26(19(27)14-24-22(29)18-11-7-13-33-18)21(17-10-6-12-32-17)23(30)25-16-8-4-3-5-9-16/h6-7,10-13,16,21H,2-5,8-9,14-15H2,1H3,(H,24,29)(H,25,30)/t21-/m0/s1. The smallest absolute Gasteiger partial charge is 0.325 e. The fourth-order valence-corrected chi connectivity index (χ4v) is 5.29. The van der Waals surface area contributed by atoms with E-state index in [1.54, 1.807) is 36.6 Å². The van der Waals surface area contributed by atoms with E-state index in [2.05, 4.69) is 10.6 Å². The molecule has 0 saturated heterocycles. The number of thiophene rings is 2. The minimum Gasteiger partial charge on any atom is -0.465 e. The predicted octanol–water partition coefficient (Wildman–Crippen LogP) is 3.12. The Balaban J connectivity index is 1.80. The van der Waals surface area contributed by atoms with Gasteiger partial charge in [0.05, 0.1) is 18.0 Å². The number of nitrogens with one attached hydrogen (secondary N) is 2. The van der Waals surface area contributed by atoms with Gasteiger partial charge in [0.15, 0.2) is 0 Å². The maximum atomic E-state index is 13.4. The third kappa shape index (κ3) is 7.13. The van der Waals surface area contributed by atoms with Gasteiger partial charge >= 0.3 is 5.97 Å². The van der Waals surface area contributed by atoms with Crippen LogP contribution in [0.3, 0.4) is 0 Å². The number of carbonyl (C=O) groups is 4. The van der Waals surface area contributed by atoms with Crippen LogP contribution < -0.4 is 10.6 Å². The van der Waals surface area contributed by atoms with Crippen molar-refractivity contribution >= 4 is 46.4 Å². The van der Waals surface area contributed by atoms with Crippen LogP contribution in [0, 0.1) is 0 Å². The molecule has 10 heteroatoms. The average Bonchev–Trinajstić information content (AvgIpc) is 3.52. The van der Waals surface area contributed by atoms with Crippen LogP contribution >= 0.6 is 22.7 Å². The first-order chi connectivity index (χ1) is 16.0. The van der Waals surface area contributed by atoms with Crippen molar-refractivity contribution in [3.63, 3.8) is 0 Å². The van der Waals surface area contributed by atoms with Gasteiger partial charge in [-0.2, -0.15) is 0 Å². The van der Waals surface area contributed by atoms with Crippen LogP contribution in [0.2, 0.25) is 0 Å². The first-order valence-electron chi connectivity index (χ1n) is 11.1. The molecule has 1 aliphatic rings. The van der Waals surface area contributed by atoms with Crippen LogP contribution in [0.15, 0.2) is 35.0 Å². The molecule has 0 aromatic carbocycles. The molecule has 33 heavy (non-hydrogen) atoms. The molecule has 1 fully saturated rings. The van der Waals surface area contributed by atoms with E-state index in [9.17, 15) is 19.2 Å². The molecule has 178 valence electrons. The molecule has 3 amide bonds. The number of rotatable bonds is 10. The zero-order valence-electron chi connectivity index (χ0n) is 18.6. The summed E-state index contributed by atoms with van der Waals surface area (Å²) < 4.78 is 5.06. The van der Waals surface area contributed by atoms with Crippen LogP contribution in [0.1, 0.15) is 59.6 Å². The molecular formula is C23H29N3O5S2. The van der Waals surface area contributed by atoms with E-state index in [0.717, 1.165) is 32.1 Å². The minimum absolute atomic E-state index is 0.0480. The SMILES string of the molecule is CCOC(=O)CN(C(=O)CNC(=O)c1cccs1)[C@H](C(=O)NC1CCCCC1)c1cccs1. The summed E-state index contributed by atoms with van der Waals surface area (Å²) in [7, 11) is 0. The quantitative estimate of drug-likeness (QED) is 0.497. The van der Waals surface area contributed by atoms with Crippen molar-refractivity contribution in [3.05, 3.63) is 44.8 Å². The molecule has 2 N–H and O–H groups in total. The third-order valence-electron chi connectivity index (χ3n) is 5.39. The number of hydrogen-bond acceptors (Lipinski definition) is 7. The Hall–Kier alpha value is -2.72. The number of amides is 3. The highest BCUT2D eigenvalue weighted by atomic mass is 32.1. The van der Waals surface area contributed by atoms with Gasteiger partial charge in [0.1, 0.15) is 12.6 Å². The van der Waals surface area contributed by atoms with E-state index in [1.807, 2.05) is 5.38 Å². The Morgan fingerprint density at radius 3 is 2.45 bits per heavy atom. The fourth-order valence-electron chi connectivity index (χ4n) is 3.82. The fraction of sp³-hybridized carbons (Fsp3) is 0.478. The molecule has 2 heterocycles. The summed E-state index contributed by atoms with van der Waals surface area (Å²) in [6.07, 6.45) is 5.04. The molecule has 3 rings (SSSR count). The lowest BCUT2D eigenvalue weighted by atomic mass is 9.95. The second-order valence-corrected chi connectivity index (χ2v) is 9.68. The second-order valence-electron chi connectivity index (χ2n) is 7.75. The average molecular weight is 492 g/mol. The minimum atomic E-state index is -0.984. The summed E-state index contributed by atoms with van der Waals surface area (Å²) in [6, 6.07) is 6.04. The zero-order chi connectivity index (χ0) is 23.6. The first-order valence-corrected chi connectivity index (χ1v) is 12.9. The van der Waals surface area contributed by atoms with Crippen molar-refractivity contribution in [2.75, 3.05) is 19.7 Å². The summed E-state index contributed by atoms with van der Waals surface area (Å²) in [5.41, 5.74) is 0. The Morgan fingerprint density at radius 2 is 1.82 bits per heavy atom. The van der Waals surface area contributed by atoms with Crippen LogP contribution in [0.5, 0.6) is 0 Å². The highest BCUT2D eigenvalue weighted by Crippen LogP contribution is 2.27. The topological polar surface area (TPSA) is 105 Å². The Kier molecular flexibility index (Phi) is 9.44. The molecule has 2 aromatic heterocycles. The lowest BCUT2D eigenvalue weighted by molar-refractivity contribution is -0.152. The van der Waals surface area contributed by atoms with E-state index >= 15 is 0 Å². The predicted molar refractivity (Wildman–Crippen MR) is 127 cm³/mol. The lowest BCUT2D eigenvalue weighted by Crippen LogP contribution is -2.50. The van der Waals surface area contributed by atoms with Gasteiger partial charge in [-0.15, -0.1) is 22.7 Å². The largest absolute Gasteiger partial charge is 0.465 e. The van der Waals surface area contributed by atoms with E-state index in [4.69, 9.17) is 4.74 Å². The van der Waals surface area contributed by atoms with Gasteiger partial charge in [0, 0.05) is 10.9 Å². The molecule has 0 unspecified atom stereocenters. The van der Waals surface area contributed by atoms with Gasteiger partial charge < -0.3 is 20.3 Å². The van der Waals surface area contributed by atoms with Gasteiger partial charge in [-0.3, -0.25) is 19.2 Å². The van der Waals surface area contributed by atoms with Gasteiger partial charge in [-0.1, -0.05) is 31.4 Å². The van der Waals surface area contributed by atoms with E-state index < -0.39 is 17.9 Å². The van der Waals surface area contributed by atoms with Gasteiger partial charge in [0.25, 0.3) is 5.91 Å². The van der Waals surface area contributed by atoms with E-state index in [0.29, 0.717) is 9.75 Å². The van der Waals surface area contributed by atoms with Crippen molar-refractivity contribution in [2.45, 2.75) is 51.1 Å². The van der Waals surface area contributed by atoms with Crippen molar-refractivity contribution < 1.29 is 23.9 Å². The molecule has 1 aliphatic carbocycles. The molecule has 2 aromatic rings. The normalized spacial score (nSPS) is 14.8. The van der Waals surface area contributed by atoms with Gasteiger partial charge in [-0.25, -0.2) is 0 Å². The molecule has 0 spiro atoms. The number of nitrogens with zero attached hydrogens (tertiary/aromatic N) is 1. The van der Waals surface area contributed by atoms with Crippen LogP contribution in [0.25, 0.3) is 0 Å². The Labute approximate surface area is 201 Å². The van der Waals surface area contributed by atoms with E-state index in [1.165, 1.54) is 27.6 Å². The summed E-state index contributed by atoms with van der Waals surface area (Å²) in [5.74, 6) is -1.85. The van der Waals surface area contributed by atoms with Crippen molar-refractivity contribution in [3.8, 4) is 0 Å². The summed E-state index contributed by atoms with van der Waals surface area (Å²) >= 11 is 2.60. The highest BCUT2D eigenvalue weighted by Gasteiger charge is 2.35. The Bertz CT molecular complexity index is 924. The van der Waals surface area contributed by atoms with Crippen molar-refractivity contribution in [1.29, 1.82) is 0 Å². The number of esters is 1. The maximum absolute atomic E-state index is 13.4. The van der Waals surface area contributed by atoms with Crippen molar-refractivity contribution in [1.82, 2.24) is 15.5 Å². The maximum Gasteiger partial charge on any atom is 0.325 e. The monoisotopic (exact) mass is 491 g/mol. The van der Waals surface area contributed by atoms with Crippen LogP contribution in [-0.2, 0) is 19.1 Å². The molecular weight excluding hydrogens is 462 g/mol. The molecule has 1 atom stereocenters. The van der Waals surface area contributed by atoms with E-state index in [-0.39, 0.29) is 37.6 Å². The molecule has 1 saturated carbocycles. The van der Waals surface area contributed by atoms with Crippen LogP contribution in [0.4, 0.5) is 0 Å². The lowest BCUT2D eigenvalue weighted by Gasteiger charge is -2.32. The highest BCUT2D eigenvalue weighted by molar-refractivity contribution is 7.12. The third-order valence-corrected chi connectivity index (χ3v) is 7.19. The first kappa shape index (κ1) is 24.9. The summed E-state index contributed by atoms with van der Waals surface area (Å²) in [4.78, 5) is 53.6. The van der Waals surface area contributed by atoms with Gasteiger partial charge in [0.2, 0.25) is 11.8 Å². The molecule has 8 nitrogen and oxygen atoms in total. The zero-order valence-corrected chi connectivity index (χ0v) is 20.2. The number of carbonyl (C=O) groups excluding carboxylic acids is 4. The van der Waals surface area contributed by atoms with Crippen molar-refractivity contribution in [2.24, 2.45) is 0 Å². The molecule has 0 aliphatic heterocycles. The summed E-state index contributed by atoms with van der Waals surface area (Å²) in [6.45, 7) is 1.11. The summed E-state index contributed by atoms with van der Waals surface area (Å²) in [5, 5.41) is 9.25. The molecule has 0 bridgehead atoms. The van der Waals surface area contributed by atoms with Gasteiger partial charge in [-0.05, 0) is 42.7 Å². The number of ether oxygens (including phenoxy) is 1. The second kappa shape index (κ2) is 12.5. The molecule has 0 radical (unpaired) electrons. The number of hydrogen-bond donors (Lipinski definition) is 2. The Morgan fingerprint density at radius 1 is 1.09 bits per heavy atom. The van der Waals surface area contributed by atoms with Crippen LogP contribution in [-0.4, -0.2) is 54.3 Å².